The molecule has 114 valence electrons. The Kier molecular flexibility index (Phi) is 4.97. The van der Waals surface area contributed by atoms with Crippen molar-refractivity contribution in [3.05, 3.63) is 5.21 Å². The lowest BCUT2D eigenvalue weighted by molar-refractivity contribution is -0.777. The summed E-state index contributed by atoms with van der Waals surface area (Å²) in [7, 11) is 0. The third-order valence-corrected chi connectivity index (χ3v) is 3.27. The molecule has 1 aliphatic rings. The van der Waals surface area contributed by atoms with E-state index in [0.717, 1.165) is 0 Å². The summed E-state index contributed by atoms with van der Waals surface area (Å²) >= 11 is 0. The number of hydrogen-bond acceptors (Lipinski definition) is 6. The summed E-state index contributed by atoms with van der Waals surface area (Å²) in [5, 5.41) is 11.9. The molecule has 0 saturated heterocycles. The van der Waals surface area contributed by atoms with Crippen LogP contribution < -0.4 is 0 Å². The van der Waals surface area contributed by atoms with Crippen molar-refractivity contribution in [1.82, 2.24) is 0 Å². The van der Waals surface area contributed by atoms with Crippen LogP contribution in [-0.2, 0) is 23.9 Å². The Morgan fingerprint density at radius 2 is 2.00 bits per heavy atom. The van der Waals surface area contributed by atoms with Gasteiger partial charge < -0.3 is 14.3 Å². The third kappa shape index (κ3) is 3.02. The lowest BCUT2D eigenvalue weighted by Gasteiger charge is -2.41. The zero-order valence-corrected chi connectivity index (χ0v) is 12.5. The zero-order chi connectivity index (χ0) is 15.5. The number of nitrogens with zero attached hydrogens (tertiary/aromatic N) is 1. The molecular formula is C13H21NO6. The number of esters is 2. The van der Waals surface area contributed by atoms with Crippen molar-refractivity contribution in [2.75, 3.05) is 6.61 Å². The predicted octanol–water partition coefficient (Wildman–Crippen LogP) is 1.39. The van der Waals surface area contributed by atoms with Crippen LogP contribution in [-0.4, -0.2) is 35.4 Å². The molecule has 0 aromatic heterocycles. The fraction of sp³-hybridized carbons (Fsp3) is 0.769. The summed E-state index contributed by atoms with van der Waals surface area (Å²) < 4.78 is 10.0. The third-order valence-electron chi connectivity index (χ3n) is 3.27. The monoisotopic (exact) mass is 287 g/mol. The van der Waals surface area contributed by atoms with Gasteiger partial charge in [0.2, 0.25) is 12.0 Å². The predicted molar refractivity (Wildman–Crippen MR) is 69.5 cm³/mol. The SMILES string of the molecule is CCOC(=O)C1C(CC)=[N+]([O-])OC(OC(C)=O)C1(C)C. The number of hydrogen-bond donors (Lipinski definition) is 0. The van der Waals surface area contributed by atoms with Crippen LogP contribution in [0, 0.1) is 16.5 Å². The van der Waals surface area contributed by atoms with E-state index >= 15 is 0 Å². The van der Waals surface area contributed by atoms with E-state index in [-0.39, 0.29) is 17.2 Å². The Morgan fingerprint density at radius 3 is 2.45 bits per heavy atom. The number of ether oxygens (including phenoxy) is 2. The summed E-state index contributed by atoms with van der Waals surface area (Å²) in [6.45, 7) is 8.26. The topological polar surface area (TPSA) is 87.9 Å². The first-order valence-electron chi connectivity index (χ1n) is 6.59. The highest BCUT2D eigenvalue weighted by molar-refractivity contribution is 6.00. The van der Waals surface area contributed by atoms with Gasteiger partial charge in [-0.05, 0) is 6.92 Å². The highest BCUT2D eigenvalue weighted by Gasteiger charge is 2.53. The average Bonchev–Trinajstić information content (AvgIpc) is 2.32. The van der Waals surface area contributed by atoms with Crippen LogP contribution in [0.25, 0.3) is 0 Å². The number of rotatable bonds is 4. The molecule has 1 heterocycles. The van der Waals surface area contributed by atoms with Crippen molar-refractivity contribution in [1.29, 1.82) is 0 Å². The van der Waals surface area contributed by atoms with E-state index < -0.39 is 29.6 Å². The lowest BCUT2D eigenvalue weighted by Crippen LogP contribution is -2.54. The largest absolute Gasteiger partial charge is 0.465 e. The lowest BCUT2D eigenvalue weighted by atomic mass is 9.74. The summed E-state index contributed by atoms with van der Waals surface area (Å²) in [5.41, 5.74) is -0.638. The Hall–Kier alpha value is -1.79. The Balaban J connectivity index is 3.21. The minimum atomic E-state index is -1.14. The van der Waals surface area contributed by atoms with Crippen molar-refractivity contribution in [2.45, 2.75) is 47.3 Å². The van der Waals surface area contributed by atoms with E-state index in [4.69, 9.17) is 14.3 Å². The molecule has 7 nitrogen and oxygen atoms in total. The molecule has 0 saturated carbocycles. The van der Waals surface area contributed by atoms with Crippen molar-refractivity contribution in [3.63, 3.8) is 0 Å². The Bertz CT molecular complexity index is 429. The van der Waals surface area contributed by atoms with Crippen LogP contribution in [0.1, 0.15) is 41.0 Å². The van der Waals surface area contributed by atoms with Crippen molar-refractivity contribution >= 4 is 17.7 Å². The van der Waals surface area contributed by atoms with E-state index in [1.54, 1.807) is 27.7 Å². The highest BCUT2D eigenvalue weighted by atomic mass is 16.9. The van der Waals surface area contributed by atoms with E-state index in [1.807, 2.05) is 0 Å². The van der Waals surface area contributed by atoms with Crippen molar-refractivity contribution in [2.24, 2.45) is 11.3 Å². The molecule has 0 N–H and O–H groups in total. The molecule has 20 heavy (non-hydrogen) atoms. The van der Waals surface area contributed by atoms with Gasteiger partial charge in [-0.25, -0.2) is 0 Å². The second-order valence-corrected chi connectivity index (χ2v) is 5.16. The van der Waals surface area contributed by atoms with Gasteiger partial charge in [0, 0.05) is 23.7 Å². The number of carbonyl (C=O) groups is 2. The maximum Gasteiger partial charge on any atom is 0.320 e. The molecule has 7 heteroatoms. The first kappa shape index (κ1) is 16.3. The molecule has 0 bridgehead atoms. The fourth-order valence-corrected chi connectivity index (χ4v) is 2.28. The van der Waals surface area contributed by atoms with Crippen molar-refractivity contribution in [3.8, 4) is 0 Å². The van der Waals surface area contributed by atoms with E-state index in [0.29, 0.717) is 6.42 Å². The molecule has 1 rings (SSSR count). The van der Waals surface area contributed by atoms with Gasteiger partial charge in [0.25, 0.3) is 0 Å². The second kappa shape index (κ2) is 6.11. The van der Waals surface area contributed by atoms with Gasteiger partial charge in [-0.15, -0.1) is 0 Å². The molecule has 0 aromatic carbocycles. The minimum Gasteiger partial charge on any atom is -0.465 e. The Morgan fingerprint density at radius 1 is 1.40 bits per heavy atom. The van der Waals surface area contributed by atoms with Crippen LogP contribution in [0.5, 0.6) is 0 Å². The van der Waals surface area contributed by atoms with Gasteiger partial charge in [-0.1, -0.05) is 20.8 Å². The van der Waals surface area contributed by atoms with Gasteiger partial charge in [0.1, 0.15) is 0 Å². The Labute approximate surface area is 118 Å². The molecule has 0 fully saturated rings. The smallest absolute Gasteiger partial charge is 0.320 e. The summed E-state index contributed by atoms with van der Waals surface area (Å²) in [4.78, 5) is 28.6. The first-order valence-corrected chi connectivity index (χ1v) is 6.59. The molecule has 0 spiro atoms. The molecular weight excluding hydrogens is 266 g/mol. The van der Waals surface area contributed by atoms with Gasteiger partial charge >= 0.3 is 11.9 Å². The molecule has 2 unspecified atom stereocenters. The molecule has 2 atom stereocenters. The molecule has 1 aliphatic heterocycles. The first-order chi connectivity index (χ1) is 9.25. The van der Waals surface area contributed by atoms with Crippen LogP contribution >= 0.6 is 0 Å². The maximum atomic E-state index is 12.2. The second-order valence-electron chi connectivity index (χ2n) is 5.16. The van der Waals surface area contributed by atoms with E-state index in [1.165, 1.54) is 6.92 Å². The quantitative estimate of drug-likeness (QED) is 0.573. The van der Waals surface area contributed by atoms with E-state index in [2.05, 4.69) is 0 Å². The normalized spacial score (nSPS) is 24.9. The van der Waals surface area contributed by atoms with Gasteiger partial charge in [-0.3, -0.25) is 14.8 Å². The van der Waals surface area contributed by atoms with Crippen LogP contribution in [0.4, 0.5) is 0 Å². The zero-order valence-electron chi connectivity index (χ0n) is 12.5. The van der Waals surface area contributed by atoms with E-state index in [9.17, 15) is 14.8 Å². The molecule has 0 aromatic rings. The van der Waals surface area contributed by atoms with Crippen LogP contribution in [0.15, 0.2) is 0 Å². The van der Waals surface area contributed by atoms with Gasteiger partial charge in [0.15, 0.2) is 5.92 Å². The molecule has 0 amide bonds. The summed E-state index contributed by atoms with van der Waals surface area (Å²) in [5.74, 6) is -1.92. The summed E-state index contributed by atoms with van der Waals surface area (Å²) in [6.07, 6.45) is -0.800. The minimum absolute atomic E-state index is 0.209. The van der Waals surface area contributed by atoms with Gasteiger partial charge in [0.05, 0.1) is 6.61 Å². The summed E-state index contributed by atoms with van der Waals surface area (Å²) in [6, 6.07) is 0. The maximum absolute atomic E-state index is 12.2. The van der Waals surface area contributed by atoms with Crippen LogP contribution in [0.3, 0.4) is 0 Å². The average molecular weight is 287 g/mol. The van der Waals surface area contributed by atoms with Crippen molar-refractivity contribution < 1.29 is 28.8 Å². The molecule has 0 aliphatic carbocycles. The standard InChI is InChI=1S/C13H21NO6/c1-6-9-10(11(16)18-7-2)13(4,5)12(19-8(3)15)20-14(9)17/h10,12H,6-7H2,1-5H3. The number of carbonyl (C=O) groups excluding carboxylic acids is 2. The van der Waals surface area contributed by atoms with Crippen LogP contribution in [0.2, 0.25) is 0 Å². The fourth-order valence-electron chi connectivity index (χ4n) is 2.28. The van der Waals surface area contributed by atoms with Gasteiger partial charge in [-0.2, -0.15) is 0 Å². The highest BCUT2D eigenvalue weighted by Crippen LogP contribution is 2.39. The molecule has 0 radical (unpaired) electrons.